The van der Waals surface area contributed by atoms with Gasteiger partial charge in [0.15, 0.2) is 0 Å². The topological polar surface area (TPSA) is 95.5 Å². The van der Waals surface area contributed by atoms with E-state index in [1.54, 1.807) is 11.4 Å². The summed E-state index contributed by atoms with van der Waals surface area (Å²) in [6, 6.07) is 7.56. The van der Waals surface area contributed by atoms with Gasteiger partial charge in [-0.25, -0.2) is 0 Å². The maximum Gasteiger partial charge on any atom is 0.303 e. The summed E-state index contributed by atoms with van der Waals surface area (Å²) in [6.45, 7) is 0.479. The number of hydrogen-bond acceptors (Lipinski definition) is 4. The highest BCUT2D eigenvalue weighted by Gasteiger charge is 2.17. The van der Waals surface area contributed by atoms with Crippen molar-refractivity contribution in [3.63, 3.8) is 0 Å². The van der Waals surface area contributed by atoms with E-state index in [9.17, 15) is 14.4 Å². The molecule has 0 radical (unpaired) electrons. The largest absolute Gasteiger partial charge is 0.481 e. The molecule has 7 heteroatoms. The maximum atomic E-state index is 12.7. The van der Waals surface area contributed by atoms with Crippen LogP contribution in [-0.2, 0) is 17.6 Å². The molecule has 0 saturated carbocycles. The Hall–Kier alpha value is -2.67. The minimum atomic E-state index is -0.799. The van der Waals surface area contributed by atoms with Crippen LogP contribution in [0.1, 0.15) is 70.4 Å². The maximum absolute atomic E-state index is 12.7. The second kappa shape index (κ2) is 10.2. The fraction of sp³-hybridized carbons (Fsp3) is 0.409. The number of amides is 2. The van der Waals surface area contributed by atoms with Gasteiger partial charge in [-0.15, -0.1) is 11.3 Å². The van der Waals surface area contributed by atoms with Crippen molar-refractivity contribution in [3.8, 4) is 0 Å². The van der Waals surface area contributed by atoms with Gasteiger partial charge in [0, 0.05) is 18.5 Å². The summed E-state index contributed by atoms with van der Waals surface area (Å²) in [7, 11) is 0. The van der Waals surface area contributed by atoms with Crippen molar-refractivity contribution in [1.82, 2.24) is 5.32 Å². The first-order valence-electron chi connectivity index (χ1n) is 10.1. The molecule has 2 amide bonds. The number of aryl methyl sites for hydroxylation is 2. The molecule has 1 aromatic heterocycles. The number of benzene rings is 1. The number of hydrogen-bond donors (Lipinski definition) is 3. The third-order valence-electron chi connectivity index (χ3n) is 5.10. The average molecular weight is 415 g/mol. The fourth-order valence-corrected chi connectivity index (χ4v) is 4.29. The molecule has 1 aromatic carbocycles. The van der Waals surface area contributed by atoms with Crippen LogP contribution < -0.4 is 10.6 Å². The Morgan fingerprint density at radius 2 is 1.76 bits per heavy atom. The normalized spacial score (nSPS) is 12.8. The van der Waals surface area contributed by atoms with Gasteiger partial charge in [-0.2, -0.15) is 0 Å². The number of carbonyl (C=O) groups excluding carboxylic acids is 2. The van der Waals surface area contributed by atoms with Crippen LogP contribution in [0.3, 0.4) is 0 Å². The standard InChI is InChI=1S/C22H26N2O4S/c25-19(26)8-2-1-5-12-23-21(28)18-11-13-29-22(18)24-20(27)17-10-9-15-6-3-4-7-16(15)14-17/h9-11,13-14H,1-8,12H2,(H,23,28)(H,24,27)(H,25,26). The molecule has 0 atom stereocenters. The first-order chi connectivity index (χ1) is 14.0. The van der Waals surface area contributed by atoms with E-state index in [0.29, 0.717) is 29.1 Å². The Kier molecular flexibility index (Phi) is 7.41. The number of thiophene rings is 1. The number of carboxylic acid groups (broad SMARTS) is 1. The Bertz CT molecular complexity index is 891. The highest BCUT2D eigenvalue weighted by Crippen LogP contribution is 2.26. The SMILES string of the molecule is O=C(O)CCCCCNC(=O)c1ccsc1NC(=O)c1ccc2c(c1)CCCC2. The smallest absolute Gasteiger partial charge is 0.303 e. The summed E-state index contributed by atoms with van der Waals surface area (Å²) in [4.78, 5) is 35.6. The molecule has 0 saturated heterocycles. The average Bonchev–Trinajstić information content (AvgIpc) is 3.18. The molecule has 29 heavy (non-hydrogen) atoms. The summed E-state index contributed by atoms with van der Waals surface area (Å²) in [5.41, 5.74) is 3.64. The van der Waals surface area contributed by atoms with Crippen LogP contribution in [0.5, 0.6) is 0 Å². The van der Waals surface area contributed by atoms with Crippen LogP contribution in [-0.4, -0.2) is 29.4 Å². The predicted octanol–water partition coefficient (Wildman–Crippen LogP) is 4.25. The van der Waals surface area contributed by atoms with Crippen molar-refractivity contribution in [3.05, 3.63) is 51.9 Å². The minimum Gasteiger partial charge on any atom is -0.481 e. The molecule has 1 aliphatic rings. The zero-order valence-corrected chi connectivity index (χ0v) is 17.1. The molecule has 1 aliphatic carbocycles. The number of carboxylic acids is 1. The van der Waals surface area contributed by atoms with Gasteiger partial charge in [-0.3, -0.25) is 14.4 Å². The van der Waals surface area contributed by atoms with Crippen LogP contribution in [0.4, 0.5) is 5.00 Å². The molecule has 0 bridgehead atoms. The number of aliphatic carboxylic acids is 1. The van der Waals surface area contributed by atoms with E-state index in [1.807, 2.05) is 18.2 Å². The summed E-state index contributed by atoms with van der Waals surface area (Å²) in [6.07, 6.45) is 6.66. The van der Waals surface area contributed by atoms with Crippen molar-refractivity contribution >= 4 is 34.1 Å². The number of carbonyl (C=O) groups is 3. The van der Waals surface area contributed by atoms with E-state index in [2.05, 4.69) is 10.6 Å². The molecule has 0 aliphatic heterocycles. The van der Waals surface area contributed by atoms with Gasteiger partial charge in [-0.05, 0) is 73.2 Å². The van der Waals surface area contributed by atoms with Crippen LogP contribution in [0.2, 0.25) is 0 Å². The van der Waals surface area contributed by atoms with Gasteiger partial charge in [0.1, 0.15) is 5.00 Å². The van der Waals surface area contributed by atoms with E-state index in [-0.39, 0.29) is 18.2 Å². The first kappa shape index (κ1) is 21.0. The molecule has 0 spiro atoms. The lowest BCUT2D eigenvalue weighted by atomic mass is 9.90. The van der Waals surface area contributed by atoms with Crippen LogP contribution in [0.25, 0.3) is 0 Å². The number of fused-ring (bicyclic) bond motifs is 1. The van der Waals surface area contributed by atoms with Crippen molar-refractivity contribution in [1.29, 1.82) is 0 Å². The van der Waals surface area contributed by atoms with Crippen molar-refractivity contribution in [2.45, 2.75) is 51.4 Å². The van der Waals surface area contributed by atoms with Crippen molar-refractivity contribution in [2.75, 3.05) is 11.9 Å². The monoisotopic (exact) mass is 414 g/mol. The van der Waals surface area contributed by atoms with Gasteiger partial charge in [0.25, 0.3) is 11.8 Å². The number of unbranched alkanes of at least 4 members (excludes halogenated alkanes) is 2. The molecule has 2 aromatic rings. The third kappa shape index (κ3) is 5.90. The van der Waals surface area contributed by atoms with Gasteiger partial charge in [-0.1, -0.05) is 12.5 Å². The van der Waals surface area contributed by atoms with Gasteiger partial charge < -0.3 is 15.7 Å². The fourth-order valence-electron chi connectivity index (χ4n) is 3.51. The molecule has 154 valence electrons. The van der Waals surface area contributed by atoms with Gasteiger partial charge in [0.2, 0.25) is 0 Å². The quantitative estimate of drug-likeness (QED) is 0.535. The number of rotatable bonds is 9. The summed E-state index contributed by atoms with van der Waals surface area (Å²) >= 11 is 1.32. The Morgan fingerprint density at radius 1 is 0.966 bits per heavy atom. The van der Waals surface area contributed by atoms with E-state index >= 15 is 0 Å². The van der Waals surface area contributed by atoms with Crippen LogP contribution in [0, 0.1) is 0 Å². The second-order valence-corrected chi connectivity index (χ2v) is 8.18. The van der Waals surface area contributed by atoms with Crippen LogP contribution in [0.15, 0.2) is 29.6 Å². The van der Waals surface area contributed by atoms with E-state index < -0.39 is 5.97 Å². The summed E-state index contributed by atoms with van der Waals surface area (Å²) < 4.78 is 0. The molecule has 0 fully saturated rings. The van der Waals surface area contributed by atoms with E-state index in [0.717, 1.165) is 32.1 Å². The zero-order valence-electron chi connectivity index (χ0n) is 16.3. The number of anilines is 1. The van der Waals surface area contributed by atoms with E-state index in [4.69, 9.17) is 5.11 Å². The third-order valence-corrected chi connectivity index (χ3v) is 5.93. The summed E-state index contributed by atoms with van der Waals surface area (Å²) in [5, 5.41) is 16.7. The predicted molar refractivity (Wildman–Crippen MR) is 114 cm³/mol. The molecule has 3 rings (SSSR count). The molecular weight excluding hydrogens is 388 g/mol. The van der Waals surface area contributed by atoms with E-state index in [1.165, 1.54) is 28.9 Å². The molecule has 3 N–H and O–H groups in total. The van der Waals surface area contributed by atoms with Crippen LogP contribution >= 0.6 is 11.3 Å². The van der Waals surface area contributed by atoms with Gasteiger partial charge >= 0.3 is 5.97 Å². The second-order valence-electron chi connectivity index (χ2n) is 7.27. The Labute approximate surface area is 174 Å². The molecule has 0 unspecified atom stereocenters. The highest BCUT2D eigenvalue weighted by atomic mass is 32.1. The minimum absolute atomic E-state index is 0.150. The Morgan fingerprint density at radius 3 is 2.55 bits per heavy atom. The summed E-state index contributed by atoms with van der Waals surface area (Å²) in [5.74, 6) is -1.24. The van der Waals surface area contributed by atoms with Gasteiger partial charge in [0.05, 0.1) is 5.56 Å². The first-order valence-corrected chi connectivity index (χ1v) is 10.9. The zero-order chi connectivity index (χ0) is 20.6. The number of nitrogens with one attached hydrogen (secondary N) is 2. The molecule has 6 nitrogen and oxygen atoms in total. The lowest BCUT2D eigenvalue weighted by molar-refractivity contribution is -0.137. The molecular formula is C22H26N2O4S. The van der Waals surface area contributed by atoms with Crippen molar-refractivity contribution in [2.24, 2.45) is 0 Å². The highest BCUT2D eigenvalue weighted by molar-refractivity contribution is 7.14. The van der Waals surface area contributed by atoms with Crippen molar-refractivity contribution < 1.29 is 19.5 Å². The molecule has 1 heterocycles. The lowest BCUT2D eigenvalue weighted by Crippen LogP contribution is -2.25. The lowest BCUT2D eigenvalue weighted by Gasteiger charge is -2.16. The Balaban J connectivity index is 1.53.